The van der Waals surface area contributed by atoms with Crippen LogP contribution in [0.15, 0.2) is 18.2 Å². The minimum Gasteiger partial charge on any atom is -0.496 e. The number of hydrogen-bond donors (Lipinski definition) is 0. The third-order valence-electron chi connectivity index (χ3n) is 3.04. The number of carbonyl (C=O) groups excluding carboxylic acids is 1. The summed E-state index contributed by atoms with van der Waals surface area (Å²) < 4.78 is 5.06. The maximum Gasteiger partial charge on any atom is 0.273 e. The number of amides is 1. The second kappa shape index (κ2) is 5.44. The Labute approximate surface area is 115 Å². The molecule has 19 heavy (non-hydrogen) atoms. The summed E-state index contributed by atoms with van der Waals surface area (Å²) in [6.45, 7) is 1.08. The van der Waals surface area contributed by atoms with Crippen LogP contribution in [0.3, 0.4) is 0 Å². The smallest absolute Gasteiger partial charge is 0.273 e. The van der Waals surface area contributed by atoms with Gasteiger partial charge in [0.15, 0.2) is 0 Å². The van der Waals surface area contributed by atoms with Crippen molar-refractivity contribution in [3.05, 3.63) is 33.9 Å². The lowest BCUT2D eigenvalue weighted by Gasteiger charge is -2.17. The highest BCUT2D eigenvalue weighted by Crippen LogP contribution is 2.27. The molecule has 1 saturated heterocycles. The van der Waals surface area contributed by atoms with Gasteiger partial charge in [0.25, 0.3) is 11.6 Å². The number of rotatable bonds is 3. The summed E-state index contributed by atoms with van der Waals surface area (Å²) in [5.41, 5.74) is 0.212. The van der Waals surface area contributed by atoms with Crippen molar-refractivity contribution in [1.82, 2.24) is 4.90 Å². The molecule has 1 aliphatic rings. The van der Waals surface area contributed by atoms with E-state index in [1.807, 2.05) is 0 Å². The predicted octanol–water partition coefficient (Wildman–Crippen LogP) is 2.06. The molecule has 0 N–H and O–H groups in total. The summed E-state index contributed by atoms with van der Waals surface area (Å²) >= 11 is 5.96. The van der Waals surface area contributed by atoms with E-state index in [1.54, 1.807) is 4.90 Å². The van der Waals surface area contributed by atoms with Crippen molar-refractivity contribution in [2.45, 2.75) is 11.8 Å². The van der Waals surface area contributed by atoms with Crippen LogP contribution in [-0.2, 0) is 0 Å². The molecule has 1 fully saturated rings. The fraction of sp³-hybridized carbons (Fsp3) is 0.417. The molecule has 2 rings (SSSR count). The van der Waals surface area contributed by atoms with Crippen LogP contribution in [0.1, 0.15) is 16.8 Å². The lowest BCUT2D eigenvalue weighted by atomic mass is 10.1. The van der Waals surface area contributed by atoms with E-state index in [-0.39, 0.29) is 22.7 Å². The number of nitrogens with zero attached hydrogens (tertiary/aromatic N) is 2. The topological polar surface area (TPSA) is 72.7 Å². The van der Waals surface area contributed by atoms with E-state index in [0.29, 0.717) is 18.7 Å². The van der Waals surface area contributed by atoms with E-state index in [2.05, 4.69) is 0 Å². The molecule has 0 spiro atoms. The molecule has 7 heteroatoms. The summed E-state index contributed by atoms with van der Waals surface area (Å²) in [6.07, 6.45) is 0.753. The SMILES string of the molecule is COc1cc([N+](=O)[O-])ccc1C(=O)N1CCC(Cl)C1. The van der Waals surface area contributed by atoms with Crippen LogP contribution < -0.4 is 4.74 Å². The fourth-order valence-electron chi connectivity index (χ4n) is 2.04. The Morgan fingerprint density at radius 1 is 1.58 bits per heavy atom. The molecule has 0 radical (unpaired) electrons. The minimum absolute atomic E-state index is 0.0343. The largest absolute Gasteiger partial charge is 0.496 e. The van der Waals surface area contributed by atoms with Crippen molar-refractivity contribution in [1.29, 1.82) is 0 Å². The summed E-state index contributed by atoms with van der Waals surface area (Å²) in [7, 11) is 1.38. The molecule has 6 nitrogen and oxygen atoms in total. The lowest BCUT2D eigenvalue weighted by molar-refractivity contribution is -0.384. The number of nitro benzene ring substituents is 1. The number of non-ortho nitro benzene ring substituents is 1. The van der Waals surface area contributed by atoms with Gasteiger partial charge in [-0.05, 0) is 12.5 Å². The third-order valence-corrected chi connectivity index (χ3v) is 3.40. The van der Waals surface area contributed by atoms with Gasteiger partial charge in [0, 0.05) is 19.2 Å². The van der Waals surface area contributed by atoms with Crippen LogP contribution in [0.4, 0.5) is 5.69 Å². The molecular formula is C12H13ClN2O4. The number of methoxy groups -OCH3 is 1. The lowest BCUT2D eigenvalue weighted by Crippen LogP contribution is -2.29. The van der Waals surface area contributed by atoms with Gasteiger partial charge in [-0.1, -0.05) is 0 Å². The fourth-order valence-corrected chi connectivity index (χ4v) is 2.31. The highest BCUT2D eigenvalue weighted by atomic mass is 35.5. The first kappa shape index (κ1) is 13.6. The van der Waals surface area contributed by atoms with Crippen LogP contribution in [0.2, 0.25) is 0 Å². The Bertz CT molecular complexity index is 520. The Morgan fingerprint density at radius 3 is 2.84 bits per heavy atom. The van der Waals surface area contributed by atoms with Gasteiger partial charge in [0.1, 0.15) is 5.75 Å². The van der Waals surface area contributed by atoms with Gasteiger partial charge in [-0.2, -0.15) is 0 Å². The highest BCUT2D eigenvalue weighted by molar-refractivity contribution is 6.21. The maximum atomic E-state index is 12.3. The molecule has 1 heterocycles. The first-order valence-electron chi connectivity index (χ1n) is 5.78. The predicted molar refractivity (Wildman–Crippen MR) is 69.8 cm³/mol. The zero-order chi connectivity index (χ0) is 14.0. The quantitative estimate of drug-likeness (QED) is 0.484. The number of nitro groups is 1. The number of hydrogen-bond acceptors (Lipinski definition) is 4. The van der Waals surface area contributed by atoms with E-state index in [0.717, 1.165) is 6.42 Å². The summed E-state index contributed by atoms with van der Waals surface area (Å²) in [6, 6.07) is 3.96. The Balaban J connectivity index is 2.29. The normalized spacial score (nSPS) is 18.4. The van der Waals surface area contributed by atoms with Crippen molar-refractivity contribution in [2.75, 3.05) is 20.2 Å². The van der Waals surface area contributed by atoms with E-state index >= 15 is 0 Å². The van der Waals surface area contributed by atoms with Crippen LogP contribution in [0.25, 0.3) is 0 Å². The van der Waals surface area contributed by atoms with E-state index in [1.165, 1.54) is 25.3 Å². The molecule has 1 aliphatic heterocycles. The van der Waals surface area contributed by atoms with Crippen LogP contribution >= 0.6 is 11.6 Å². The van der Waals surface area contributed by atoms with Gasteiger partial charge < -0.3 is 9.64 Å². The molecule has 102 valence electrons. The average molecular weight is 285 g/mol. The molecule has 1 unspecified atom stereocenters. The van der Waals surface area contributed by atoms with Crippen molar-refractivity contribution in [2.24, 2.45) is 0 Å². The van der Waals surface area contributed by atoms with E-state index in [9.17, 15) is 14.9 Å². The summed E-state index contributed by atoms with van der Waals surface area (Å²) in [4.78, 5) is 24.1. The second-order valence-electron chi connectivity index (χ2n) is 4.28. The maximum absolute atomic E-state index is 12.3. The van der Waals surface area contributed by atoms with Crippen molar-refractivity contribution in [3.8, 4) is 5.75 Å². The number of likely N-dealkylation sites (tertiary alicyclic amines) is 1. The van der Waals surface area contributed by atoms with Crippen molar-refractivity contribution >= 4 is 23.2 Å². The molecule has 0 aromatic heterocycles. The zero-order valence-corrected chi connectivity index (χ0v) is 11.1. The Kier molecular flexibility index (Phi) is 3.90. The molecule has 1 aromatic rings. The Morgan fingerprint density at radius 2 is 2.32 bits per heavy atom. The molecular weight excluding hydrogens is 272 g/mol. The van der Waals surface area contributed by atoms with Gasteiger partial charge in [-0.15, -0.1) is 11.6 Å². The van der Waals surface area contributed by atoms with E-state index in [4.69, 9.17) is 16.3 Å². The Hall–Kier alpha value is -1.82. The van der Waals surface area contributed by atoms with Crippen LogP contribution in [-0.4, -0.2) is 41.3 Å². The molecule has 1 amide bonds. The van der Waals surface area contributed by atoms with Gasteiger partial charge >= 0.3 is 0 Å². The number of ether oxygens (including phenoxy) is 1. The average Bonchev–Trinajstić information content (AvgIpc) is 2.83. The standard InChI is InChI=1S/C12H13ClN2O4/c1-19-11-6-9(15(17)18)2-3-10(11)12(16)14-5-4-8(13)7-14/h2-3,6,8H,4-5,7H2,1H3. The zero-order valence-electron chi connectivity index (χ0n) is 10.3. The van der Waals surface area contributed by atoms with Gasteiger partial charge in [-0.3, -0.25) is 14.9 Å². The van der Waals surface area contributed by atoms with Crippen molar-refractivity contribution < 1.29 is 14.5 Å². The molecule has 0 saturated carbocycles. The molecule has 0 aliphatic carbocycles. The first-order chi connectivity index (χ1) is 9.02. The van der Waals surface area contributed by atoms with Gasteiger partial charge in [0.05, 0.1) is 29.0 Å². The van der Waals surface area contributed by atoms with E-state index < -0.39 is 4.92 Å². The number of halogens is 1. The number of carbonyl (C=O) groups is 1. The van der Waals surface area contributed by atoms with Crippen LogP contribution in [0.5, 0.6) is 5.75 Å². The minimum atomic E-state index is -0.526. The van der Waals surface area contributed by atoms with Crippen molar-refractivity contribution in [3.63, 3.8) is 0 Å². The molecule has 0 bridgehead atoms. The second-order valence-corrected chi connectivity index (χ2v) is 4.90. The van der Waals surface area contributed by atoms with Gasteiger partial charge in [-0.25, -0.2) is 0 Å². The van der Waals surface area contributed by atoms with Gasteiger partial charge in [0.2, 0.25) is 0 Å². The molecule has 1 atom stereocenters. The number of alkyl halides is 1. The summed E-state index contributed by atoms with van der Waals surface area (Å²) in [5, 5.41) is 10.7. The van der Waals surface area contributed by atoms with Crippen LogP contribution in [0, 0.1) is 10.1 Å². The third kappa shape index (κ3) is 2.78. The monoisotopic (exact) mass is 284 g/mol. The molecule has 1 aromatic carbocycles. The summed E-state index contributed by atoms with van der Waals surface area (Å²) in [5.74, 6) is -0.00730. The number of benzene rings is 1. The highest BCUT2D eigenvalue weighted by Gasteiger charge is 2.27. The first-order valence-corrected chi connectivity index (χ1v) is 6.22.